The van der Waals surface area contributed by atoms with E-state index in [1.54, 1.807) is 0 Å². The summed E-state index contributed by atoms with van der Waals surface area (Å²) in [5, 5.41) is 0. The molecular weight excluding hydrogens is 100 g/mol. The van der Waals surface area contributed by atoms with E-state index in [4.69, 9.17) is 4.74 Å². The zero-order chi connectivity index (χ0) is 5.98. The molecule has 0 aromatic heterocycles. The Morgan fingerprint density at radius 1 is 1.62 bits per heavy atom. The summed E-state index contributed by atoms with van der Waals surface area (Å²) >= 11 is 0. The van der Waals surface area contributed by atoms with Gasteiger partial charge in [-0.2, -0.15) is 0 Å². The van der Waals surface area contributed by atoms with Crippen molar-refractivity contribution in [2.75, 3.05) is 13.2 Å². The van der Waals surface area contributed by atoms with Crippen LogP contribution < -0.4 is 0 Å². The van der Waals surface area contributed by atoms with Crippen LogP contribution in [0.5, 0.6) is 0 Å². The Bertz CT molecular complexity index is 133. The lowest BCUT2D eigenvalue weighted by molar-refractivity contribution is 0.175. The largest absolute Gasteiger partial charge is 0.372 e. The molecule has 0 N–H and O–H groups in total. The van der Waals surface area contributed by atoms with Crippen LogP contribution >= 0.6 is 0 Å². The maximum absolute atomic E-state index is 5.13. The number of ether oxygens (including phenoxy) is 1. The average Bonchev–Trinajstić information content (AvgIpc) is 1.64. The van der Waals surface area contributed by atoms with Gasteiger partial charge in [0.2, 0.25) is 0 Å². The molecule has 1 heterocycles. The molecule has 8 heavy (non-hydrogen) atoms. The van der Waals surface area contributed by atoms with E-state index in [9.17, 15) is 0 Å². The molecule has 0 atom stereocenters. The van der Waals surface area contributed by atoms with Gasteiger partial charge in [-0.05, 0) is 18.1 Å². The first-order valence-corrected chi connectivity index (χ1v) is 2.72. The van der Waals surface area contributed by atoms with Crippen molar-refractivity contribution in [3.8, 4) is 0 Å². The topological polar surface area (TPSA) is 9.23 Å². The first kappa shape index (κ1) is 5.57. The monoisotopic (exact) mass is 110 g/mol. The quantitative estimate of drug-likeness (QED) is 0.459. The summed E-state index contributed by atoms with van der Waals surface area (Å²) in [5.41, 5.74) is 2.34. The number of hydrogen-bond acceptors (Lipinski definition) is 1. The molecular formula is C7H10O. The third-order valence-electron chi connectivity index (χ3n) is 1.07. The molecule has 0 saturated heterocycles. The van der Waals surface area contributed by atoms with Gasteiger partial charge in [-0.25, -0.2) is 0 Å². The Balaban J connectivity index is 2.64. The zero-order valence-corrected chi connectivity index (χ0v) is 5.11. The third-order valence-corrected chi connectivity index (χ3v) is 1.07. The molecule has 1 aliphatic rings. The van der Waals surface area contributed by atoms with Crippen molar-refractivity contribution in [2.45, 2.75) is 6.92 Å². The van der Waals surface area contributed by atoms with Gasteiger partial charge in [-0.15, -0.1) is 0 Å². The lowest BCUT2D eigenvalue weighted by atomic mass is 10.2. The third kappa shape index (κ3) is 1.20. The zero-order valence-electron chi connectivity index (χ0n) is 5.11. The fourth-order valence-electron chi connectivity index (χ4n) is 0.775. The summed E-state index contributed by atoms with van der Waals surface area (Å²) in [6, 6.07) is 0. The second kappa shape index (κ2) is 2.14. The van der Waals surface area contributed by atoms with Gasteiger partial charge < -0.3 is 4.74 Å². The Morgan fingerprint density at radius 2 is 2.38 bits per heavy atom. The van der Waals surface area contributed by atoms with Crippen molar-refractivity contribution in [2.24, 2.45) is 0 Å². The summed E-state index contributed by atoms with van der Waals surface area (Å²) in [5.74, 6) is 0. The SMILES string of the molecule is C=C1C=C(C)COC1. The van der Waals surface area contributed by atoms with Crippen LogP contribution in [0.2, 0.25) is 0 Å². The molecule has 1 heteroatoms. The standard InChI is InChI=1S/C7H10O/c1-6-3-7(2)5-8-4-6/h3H,1,4-5H2,2H3. The number of rotatable bonds is 0. The van der Waals surface area contributed by atoms with Gasteiger partial charge in [-0.3, -0.25) is 0 Å². The predicted octanol–water partition coefficient (Wildman–Crippen LogP) is 1.52. The van der Waals surface area contributed by atoms with E-state index in [-0.39, 0.29) is 0 Å². The Kier molecular flexibility index (Phi) is 1.49. The summed E-state index contributed by atoms with van der Waals surface area (Å²) in [7, 11) is 0. The lowest BCUT2D eigenvalue weighted by Crippen LogP contribution is -2.05. The smallest absolute Gasteiger partial charge is 0.0715 e. The summed E-state index contributed by atoms with van der Waals surface area (Å²) < 4.78 is 5.13. The van der Waals surface area contributed by atoms with Gasteiger partial charge in [0.15, 0.2) is 0 Å². The van der Waals surface area contributed by atoms with Crippen molar-refractivity contribution >= 4 is 0 Å². The van der Waals surface area contributed by atoms with Gasteiger partial charge in [0, 0.05) is 0 Å². The Hall–Kier alpha value is -0.560. The number of hydrogen-bond donors (Lipinski definition) is 0. The molecule has 0 fully saturated rings. The molecule has 1 rings (SSSR count). The van der Waals surface area contributed by atoms with Crippen LogP contribution in [0, 0.1) is 0 Å². The van der Waals surface area contributed by atoms with Gasteiger partial charge in [0.25, 0.3) is 0 Å². The Labute approximate surface area is 49.7 Å². The highest BCUT2D eigenvalue weighted by atomic mass is 16.5. The molecule has 44 valence electrons. The molecule has 1 aliphatic heterocycles. The van der Waals surface area contributed by atoms with E-state index in [1.807, 2.05) is 6.92 Å². The van der Waals surface area contributed by atoms with Crippen molar-refractivity contribution in [1.29, 1.82) is 0 Å². The average molecular weight is 110 g/mol. The van der Waals surface area contributed by atoms with E-state index in [0.29, 0.717) is 6.61 Å². The van der Waals surface area contributed by atoms with Crippen molar-refractivity contribution < 1.29 is 4.74 Å². The minimum absolute atomic E-state index is 0.706. The second-order valence-electron chi connectivity index (χ2n) is 2.14. The maximum atomic E-state index is 5.13. The summed E-state index contributed by atoms with van der Waals surface area (Å²) in [4.78, 5) is 0. The predicted molar refractivity (Wildman–Crippen MR) is 33.7 cm³/mol. The fraction of sp³-hybridized carbons (Fsp3) is 0.429. The van der Waals surface area contributed by atoms with Gasteiger partial charge >= 0.3 is 0 Å². The van der Waals surface area contributed by atoms with Crippen LogP contribution in [-0.2, 0) is 4.74 Å². The highest BCUT2D eigenvalue weighted by Gasteiger charge is 1.99. The Morgan fingerprint density at radius 3 is 2.75 bits per heavy atom. The lowest BCUT2D eigenvalue weighted by Gasteiger charge is -2.10. The molecule has 0 amide bonds. The van der Waals surface area contributed by atoms with Crippen molar-refractivity contribution in [1.82, 2.24) is 0 Å². The highest BCUT2D eigenvalue weighted by molar-refractivity contribution is 5.22. The molecule has 0 radical (unpaired) electrons. The first-order valence-electron chi connectivity index (χ1n) is 2.72. The van der Waals surface area contributed by atoms with Crippen LogP contribution in [-0.4, -0.2) is 13.2 Å². The van der Waals surface area contributed by atoms with Gasteiger partial charge in [0.05, 0.1) is 13.2 Å². The van der Waals surface area contributed by atoms with Crippen LogP contribution in [0.15, 0.2) is 23.8 Å². The van der Waals surface area contributed by atoms with Crippen LogP contribution in [0.3, 0.4) is 0 Å². The van der Waals surface area contributed by atoms with Crippen molar-refractivity contribution in [3.05, 3.63) is 23.8 Å². The molecule has 0 unspecified atom stereocenters. The van der Waals surface area contributed by atoms with Crippen LogP contribution in [0.25, 0.3) is 0 Å². The van der Waals surface area contributed by atoms with Gasteiger partial charge in [0.1, 0.15) is 0 Å². The molecule has 0 aromatic carbocycles. The first-order chi connectivity index (χ1) is 3.79. The van der Waals surface area contributed by atoms with E-state index in [1.165, 1.54) is 5.57 Å². The molecule has 0 bridgehead atoms. The normalized spacial score (nSPS) is 20.6. The van der Waals surface area contributed by atoms with Gasteiger partial charge in [-0.1, -0.05) is 12.7 Å². The fourth-order valence-corrected chi connectivity index (χ4v) is 0.775. The molecule has 0 aliphatic carbocycles. The van der Waals surface area contributed by atoms with E-state index < -0.39 is 0 Å². The van der Waals surface area contributed by atoms with E-state index in [2.05, 4.69) is 12.7 Å². The van der Waals surface area contributed by atoms with Crippen molar-refractivity contribution in [3.63, 3.8) is 0 Å². The highest BCUT2D eigenvalue weighted by Crippen LogP contribution is 2.07. The maximum Gasteiger partial charge on any atom is 0.0715 e. The van der Waals surface area contributed by atoms with E-state index >= 15 is 0 Å². The molecule has 0 spiro atoms. The summed E-state index contributed by atoms with van der Waals surface area (Å²) in [6.45, 7) is 7.29. The summed E-state index contributed by atoms with van der Waals surface area (Å²) in [6.07, 6.45) is 2.07. The molecule has 0 aromatic rings. The second-order valence-corrected chi connectivity index (χ2v) is 2.14. The minimum atomic E-state index is 0.706. The van der Waals surface area contributed by atoms with Crippen LogP contribution in [0.1, 0.15) is 6.92 Å². The van der Waals surface area contributed by atoms with Crippen LogP contribution in [0.4, 0.5) is 0 Å². The minimum Gasteiger partial charge on any atom is -0.372 e. The van der Waals surface area contributed by atoms with E-state index in [0.717, 1.165) is 12.2 Å². The molecule has 1 nitrogen and oxygen atoms in total. The molecule has 0 saturated carbocycles.